The molecule has 0 aromatic rings. The summed E-state index contributed by atoms with van der Waals surface area (Å²) < 4.78 is 0. The lowest BCUT2D eigenvalue weighted by atomic mass is 9.94. The van der Waals surface area contributed by atoms with Crippen LogP contribution >= 0.6 is 12.4 Å². The summed E-state index contributed by atoms with van der Waals surface area (Å²) in [5.41, 5.74) is -0.733. The Morgan fingerprint density at radius 1 is 1.33 bits per heavy atom. The van der Waals surface area contributed by atoms with Gasteiger partial charge in [-0.1, -0.05) is 12.8 Å². The summed E-state index contributed by atoms with van der Waals surface area (Å²) in [5, 5.41) is 16.3. The van der Waals surface area contributed by atoms with Crippen LogP contribution in [0.4, 0.5) is 0 Å². The Bertz CT molecular complexity index is 262. The molecule has 1 atom stereocenters. The fourth-order valence-electron chi connectivity index (χ4n) is 2.91. The molecule has 0 radical (unpaired) electrons. The molecule has 1 aliphatic carbocycles. The molecule has 18 heavy (non-hydrogen) atoms. The maximum Gasteiger partial charge on any atom is 0.220 e. The number of carbonyl (C=O) groups is 1. The number of carbonyl (C=O) groups excluding carboxylic acids is 1. The van der Waals surface area contributed by atoms with Crippen molar-refractivity contribution in [3.05, 3.63) is 0 Å². The third-order valence-electron chi connectivity index (χ3n) is 4.01. The number of piperidine rings is 1. The van der Waals surface area contributed by atoms with Crippen molar-refractivity contribution in [2.24, 2.45) is 5.92 Å². The Morgan fingerprint density at radius 3 is 2.67 bits per heavy atom. The number of nitrogens with one attached hydrogen (secondary N) is 2. The highest BCUT2D eigenvalue weighted by molar-refractivity contribution is 5.85. The Balaban J connectivity index is 0.00000162. The molecule has 1 saturated carbocycles. The highest BCUT2D eigenvalue weighted by Gasteiger charge is 2.29. The quantitative estimate of drug-likeness (QED) is 0.724. The van der Waals surface area contributed by atoms with E-state index < -0.39 is 5.60 Å². The molecule has 0 aromatic carbocycles. The fourth-order valence-corrected chi connectivity index (χ4v) is 2.91. The molecule has 5 heteroatoms. The molecule has 4 nitrogen and oxygen atoms in total. The van der Waals surface area contributed by atoms with Gasteiger partial charge in [-0.25, -0.2) is 0 Å². The Hall–Kier alpha value is -0.320. The van der Waals surface area contributed by atoms with Crippen LogP contribution in [0.25, 0.3) is 0 Å². The average Bonchev–Trinajstić information content (AvgIpc) is 2.80. The van der Waals surface area contributed by atoms with Crippen molar-refractivity contribution >= 4 is 18.3 Å². The summed E-state index contributed by atoms with van der Waals surface area (Å²) in [6, 6.07) is 0. The zero-order valence-electron chi connectivity index (χ0n) is 10.9. The second kappa shape index (κ2) is 7.31. The van der Waals surface area contributed by atoms with E-state index in [0.29, 0.717) is 25.4 Å². The van der Waals surface area contributed by atoms with Crippen LogP contribution in [0.2, 0.25) is 0 Å². The lowest BCUT2D eigenvalue weighted by Gasteiger charge is -2.32. The van der Waals surface area contributed by atoms with E-state index >= 15 is 0 Å². The lowest BCUT2D eigenvalue weighted by molar-refractivity contribution is -0.123. The number of halogens is 1. The third kappa shape index (κ3) is 4.75. The van der Waals surface area contributed by atoms with Crippen molar-refractivity contribution in [1.29, 1.82) is 0 Å². The van der Waals surface area contributed by atoms with Crippen molar-refractivity contribution in [2.45, 2.75) is 50.5 Å². The van der Waals surface area contributed by atoms with Gasteiger partial charge in [0.2, 0.25) is 5.91 Å². The zero-order valence-corrected chi connectivity index (χ0v) is 11.7. The summed E-state index contributed by atoms with van der Waals surface area (Å²) in [5.74, 6) is 0.685. The highest BCUT2D eigenvalue weighted by Crippen LogP contribution is 2.27. The fraction of sp³-hybridized carbons (Fsp3) is 0.923. The Kier molecular flexibility index (Phi) is 6.39. The second-order valence-corrected chi connectivity index (χ2v) is 5.64. The molecule has 1 heterocycles. The number of β-amino-alcohol motifs (C(OH)–C–C–N with tert-alkyl or cyclic N) is 1. The van der Waals surface area contributed by atoms with E-state index in [0.717, 1.165) is 19.4 Å². The first-order chi connectivity index (χ1) is 8.18. The first kappa shape index (κ1) is 15.7. The van der Waals surface area contributed by atoms with Gasteiger partial charge in [0, 0.05) is 19.5 Å². The van der Waals surface area contributed by atoms with Gasteiger partial charge in [0.25, 0.3) is 0 Å². The van der Waals surface area contributed by atoms with Crippen molar-refractivity contribution in [2.75, 3.05) is 19.6 Å². The Labute approximate surface area is 115 Å². The summed E-state index contributed by atoms with van der Waals surface area (Å²) in [6.45, 7) is 1.96. The molecule has 0 aromatic heterocycles. The van der Waals surface area contributed by atoms with Crippen LogP contribution in [0.5, 0.6) is 0 Å². The first-order valence-corrected chi connectivity index (χ1v) is 6.88. The minimum atomic E-state index is -0.733. The largest absolute Gasteiger partial charge is 0.387 e. The van der Waals surface area contributed by atoms with Gasteiger partial charge in [-0.3, -0.25) is 4.79 Å². The number of amides is 1. The van der Waals surface area contributed by atoms with Crippen LogP contribution in [0, 0.1) is 5.92 Å². The summed E-state index contributed by atoms with van der Waals surface area (Å²) in [4.78, 5) is 11.7. The maximum atomic E-state index is 11.7. The topological polar surface area (TPSA) is 61.4 Å². The van der Waals surface area contributed by atoms with E-state index in [4.69, 9.17) is 0 Å². The van der Waals surface area contributed by atoms with Crippen LogP contribution in [-0.4, -0.2) is 36.2 Å². The minimum absolute atomic E-state index is 0. The maximum absolute atomic E-state index is 11.7. The van der Waals surface area contributed by atoms with Crippen LogP contribution < -0.4 is 10.6 Å². The van der Waals surface area contributed by atoms with E-state index in [1.54, 1.807) is 0 Å². The van der Waals surface area contributed by atoms with Gasteiger partial charge < -0.3 is 15.7 Å². The van der Waals surface area contributed by atoms with Crippen molar-refractivity contribution in [1.82, 2.24) is 10.6 Å². The molecule has 1 amide bonds. The number of aliphatic hydroxyl groups is 1. The molecule has 2 aliphatic rings. The van der Waals surface area contributed by atoms with Gasteiger partial charge in [0.05, 0.1) is 5.60 Å². The monoisotopic (exact) mass is 276 g/mol. The van der Waals surface area contributed by atoms with Crippen LogP contribution in [0.15, 0.2) is 0 Å². The number of hydrogen-bond acceptors (Lipinski definition) is 3. The molecule has 0 bridgehead atoms. The van der Waals surface area contributed by atoms with Gasteiger partial charge >= 0.3 is 0 Å². The van der Waals surface area contributed by atoms with E-state index in [1.165, 1.54) is 25.7 Å². The normalized spacial score (nSPS) is 28.7. The Morgan fingerprint density at radius 2 is 2.06 bits per heavy atom. The molecule has 1 saturated heterocycles. The van der Waals surface area contributed by atoms with Crippen molar-refractivity contribution in [3.8, 4) is 0 Å². The lowest BCUT2D eigenvalue weighted by Crippen LogP contribution is -2.52. The van der Waals surface area contributed by atoms with E-state index in [2.05, 4.69) is 10.6 Å². The van der Waals surface area contributed by atoms with E-state index in [9.17, 15) is 9.90 Å². The number of rotatable bonds is 4. The summed E-state index contributed by atoms with van der Waals surface area (Å²) in [6.07, 6.45) is 7.33. The standard InChI is InChI=1S/C13H24N2O2.ClH/c16-12(8-11-4-1-2-5-11)15-10-13(17)6-3-7-14-9-13;/h11,14,17H,1-10H2,(H,15,16);1H. The smallest absolute Gasteiger partial charge is 0.220 e. The molecule has 2 rings (SSSR count). The highest BCUT2D eigenvalue weighted by atomic mass is 35.5. The van der Waals surface area contributed by atoms with Gasteiger partial charge in [-0.15, -0.1) is 12.4 Å². The summed E-state index contributed by atoms with van der Waals surface area (Å²) >= 11 is 0. The molecule has 3 N–H and O–H groups in total. The summed E-state index contributed by atoms with van der Waals surface area (Å²) in [7, 11) is 0. The predicted octanol–water partition coefficient (Wildman–Crippen LogP) is 1.22. The van der Waals surface area contributed by atoms with Crippen LogP contribution in [0.1, 0.15) is 44.9 Å². The molecule has 2 fully saturated rings. The molecule has 106 valence electrons. The van der Waals surface area contributed by atoms with Gasteiger partial charge in [-0.05, 0) is 38.1 Å². The second-order valence-electron chi connectivity index (χ2n) is 5.64. The molecule has 1 aliphatic heterocycles. The average molecular weight is 277 g/mol. The SMILES string of the molecule is Cl.O=C(CC1CCCC1)NCC1(O)CCCNC1. The van der Waals surface area contributed by atoms with Gasteiger partial charge in [0.1, 0.15) is 0 Å². The zero-order chi connectivity index (χ0) is 12.1. The molecular weight excluding hydrogens is 252 g/mol. The number of hydrogen-bond donors (Lipinski definition) is 3. The molecule has 1 unspecified atom stereocenters. The van der Waals surface area contributed by atoms with E-state index in [-0.39, 0.29) is 18.3 Å². The first-order valence-electron chi connectivity index (χ1n) is 6.88. The molecule has 0 spiro atoms. The van der Waals surface area contributed by atoms with E-state index in [1.807, 2.05) is 0 Å². The van der Waals surface area contributed by atoms with Crippen LogP contribution in [0.3, 0.4) is 0 Å². The van der Waals surface area contributed by atoms with Crippen LogP contribution in [-0.2, 0) is 4.79 Å². The van der Waals surface area contributed by atoms with Crippen molar-refractivity contribution in [3.63, 3.8) is 0 Å². The predicted molar refractivity (Wildman–Crippen MR) is 73.9 cm³/mol. The van der Waals surface area contributed by atoms with Gasteiger partial charge in [-0.2, -0.15) is 0 Å². The minimum Gasteiger partial charge on any atom is -0.387 e. The van der Waals surface area contributed by atoms with Gasteiger partial charge in [0.15, 0.2) is 0 Å². The third-order valence-corrected chi connectivity index (χ3v) is 4.01. The molecular formula is C13H25ClN2O2. The van der Waals surface area contributed by atoms with Crippen molar-refractivity contribution < 1.29 is 9.90 Å².